The van der Waals surface area contributed by atoms with E-state index >= 15 is 0 Å². The van der Waals surface area contributed by atoms with E-state index in [1.165, 1.54) is 14.2 Å². The highest BCUT2D eigenvalue weighted by Crippen LogP contribution is 2.35. The lowest BCUT2D eigenvalue weighted by molar-refractivity contribution is 0.0548. The van der Waals surface area contributed by atoms with Gasteiger partial charge in [-0.1, -0.05) is 54.6 Å². The van der Waals surface area contributed by atoms with Gasteiger partial charge in [0.2, 0.25) is 0 Å². The molecule has 2 heterocycles. The van der Waals surface area contributed by atoms with Crippen molar-refractivity contribution in [3.05, 3.63) is 71.1 Å². The lowest BCUT2D eigenvalue weighted by atomic mass is 10.00. The van der Waals surface area contributed by atoms with Crippen molar-refractivity contribution in [3.8, 4) is 11.1 Å². The topological polar surface area (TPSA) is 69.9 Å². The van der Waals surface area contributed by atoms with Gasteiger partial charge >= 0.3 is 11.9 Å². The number of nitrogens with zero attached hydrogens (tertiary/aromatic N) is 2. The van der Waals surface area contributed by atoms with Gasteiger partial charge in [-0.15, -0.1) is 0 Å². The van der Waals surface area contributed by atoms with Crippen molar-refractivity contribution < 1.29 is 19.1 Å². The van der Waals surface area contributed by atoms with Crippen molar-refractivity contribution in [1.29, 1.82) is 0 Å². The van der Waals surface area contributed by atoms with Gasteiger partial charge in [-0.3, -0.25) is 0 Å². The Balaban J connectivity index is 2.13. The summed E-state index contributed by atoms with van der Waals surface area (Å²) in [5, 5.41) is 4.38. The molecule has 0 radical (unpaired) electrons. The molecule has 4 rings (SSSR count). The van der Waals surface area contributed by atoms with E-state index < -0.39 is 11.9 Å². The van der Waals surface area contributed by atoms with Crippen LogP contribution in [0.1, 0.15) is 32.0 Å². The van der Waals surface area contributed by atoms with Gasteiger partial charge in [0.25, 0.3) is 0 Å². The van der Waals surface area contributed by atoms with Gasteiger partial charge in [-0.25, -0.2) is 14.1 Å². The molecule has 1 aliphatic carbocycles. The Morgan fingerprint density at radius 1 is 0.926 bits per heavy atom. The van der Waals surface area contributed by atoms with Crippen LogP contribution in [0.2, 0.25) is 0 Å². The maximum Gasteiger partial charge on any atom is 0.359 e. The van der Waals surface area contributed by atoms with Gasteiger partial charge in [0.1, 0.15) is 5.56 Å². The van der Waals surface area contributed by atoms with Crippen LogP contribution < -0.4 is 0 Å². The molecule has 0 saturated heterocycles. The van der Waals surface area contributed by atoms with Gasteiger partial charge < -0.3 is 9.47 Å². The molecule has 1 aromatic carbocycles. The smallest absolute Gasteiger partial charge is 0.359 e. The SMILES string of the molecule is COC(=O)c1nn2cc(-c3ccccc3)c3c2c(c1C(=O)OC)C=CC=C3. The third-order valence-electron chi connectivity index (χ3n) is 4.48. The van der Waals surface area contributed by atoms with E-state index in [1.807, 2.05) is 54.8 Å². The van der Waals surface area contributed by atoms with Crippen LogP contribution in [0.15, 0.2) is 48.7 Å². The monoisotopic (exact) mass is 360 g/mol. The lowest BCUT2D eigenvalue weighted by Gasteiger charge is -2.11. The molecule has 2 aromatic heterocycles. The standard InChI is InChI=1S/C21H16N2O4/c1-26-20(24)17-15-11-7-6-10-14-16(13-8-4-3-5-9-13)12-23(19(14)15)22-18(17)21(25)27-2/h3-12H,1-2H3. The predicted molar refractivity (Wildman–Crippen MR) is 101 cm³/mol. The summed E-state index contributed by atoms with van der Waals surface area (Å²) in [7, 11) is 2.52. The van der Waals surface area contributed by atoms with Crippen LogP contribution in [0.25, 0.3) is 28.8 Å². The van der Waals surface area contributed by atoms with Crippen molar-refractivity contribution >= 4 is 29.6 Å². The fourth-order valence-corrected chi connectivity index (χ4v) is 3.29. The van der Waals surface area contributed by atoms with Crippen LogP contribution in [0.5, 0.6) is 0 Å². The number of carbonyl (C=O) groups excluding carboxylic acids is 2. The van der Waals surface area contributed by atoms with Gasteiger partial charge in [-0.05, 0) is 5.56 Å². The number of methoxy groups -OCH3 is 2. The first-order valence-electron chi connectivity index (χ1n) is 8.32. The molecule has 0 spiro atoms. The molecule has 0 unspecified atom stereocenters. The van der Waals surface area contributed by atoms with E-state index in [4.69, 9.17) is 9.47 Å². The van der Waals surface area contributed by atoms with Crippen molar-refractivity contribution in [2.45, 2.75) is 0 Å². The molecule has 134 valence electrons. The van der Waals surface area contributed by atoms with Crippen LogP contribution in [0.4, 0.5) is 0 Å². The first kappa shape index (κ1) is 16.8. The molecule has 6 heteroatoms. The first-order chi connectivity index (χ1) is 13.2. The van der Waals surface area contributed by atoms with Gasteiger partial charge in [0.15, 0.2) is 5.69 Å². The average Bonchev–Trinajstić information content (AvgIpc) is 2.93. The van der Waals surface area contributed by atoms with Crippen molar-refractivity contribution in [2.75, 3.05) is 14.2 Å². The fourth-order valence-electron chi connectivity index (χ4n) is 3.29. The number of aromatic nitrogens is 2. The summed E-state index contributed by atoms with van der Waals surface area (Å²) in [5.74, 6) is -1.34. The maximum atomic E-state index is 12.5. The zero-order valence-electron chi connectivity index (χ0n) is 14.8. The largest absolute Gasteiger partial charge is 0.465 e. The minimum atomic E-state index is -0.698. The summed E-state index contributed by atoms with van der Waals surface area (Å²) in [6.45, 7) is 0. The first-order valence-corrected chi connectivity index (χ1v) is 8.32. The minimum absolute atomic E-state index is 0.0837. The van der Waals surface area contributed by atoms with Crippen LogP contribution in [0.3, 0.4) is 0 Å². The quantitative estimate of drug-likeness (QED) is 0.667. The van der Waals surface area contributed by atoms with E-state index in [0.29, 0.717) is 5.56 Å². The number of rotatable bonds is 3. The highest BCUT2D eigenvalue weighted by molar-refractivity contribution is 6.08. The van der Waals surface area contributed by atoms with Gasteiger partial charge in [0.05, 0.1) is 19.7 Å². The number of hydrogen-bond donors (Lipinski definition) is 0. The third-order valence-corrected chi connectivity index (χ3v) is 4.48. The molecular formula is C21H16N2O4. The summed E-state index contributed by atoms with van der Waals surface area (Å²) < 4.78 is 11.4. The number of esters is 2. The van der Waals surface area contributed by atoms with Crippen LogP contribution in [-0.2, 0) is 9.47 Å². The molecular weight excluding hydrogens is 344 g/mol. The Labute approximate surface area is 155 Å². The van der Waals surface area contributed by atoms with Gasteiger partial charge in [0, 0.05) is 22.9 Å². The van der Waals surface area contributed by atoms with Crippen LogP contribution in [-0.4, -0.2) is 35.8 Å². The second-order valence-corrected chi connectivity index (χ2v) is 5.95. The molecule has 0 amide bonds. The minimum Gasteiger partial charge on any atom is -0.465 e. The van der Waals surface area contributed by atoms with E-state index in [1.54, 1.807) is 10.6 Å². The Morgan fingerprint density at radius 3 is 2.26 bits per heavy atom. The highest BCUT2D eigenvalue weighted by Gasteiger charge is 2.28. The van der Waals surface area contributed by atoms with E-state index in [-0.39, 0.29) is 11.3 Å². The van der Waals surface area contributed by atoms with E-state index in [0.717, 1.165) is 22.2 Å². The molecule has 0 saturated carbocycles. The number of hydrogen-bond acceptors (Lipinski definition) is 5. The molecule has 27 heavy (non-hydrogen) atoms. The number of allylic oxidation sites excluding steroid dienone is 2. The lowest BCUT2D eigenvalue weighted by Crippen LogP contribution is -2.18. The molecule has 0 aliphatic heterocycles. The Kier molecular flexibility index (Phi) is 4.08. The summed E-state index contributed by atoms with van der Waals surface area (Å²) in [4.78, 5) is 24.8. The molecule has 0 atom stereocenters. The third kappa shape index (κ3) is 2.62. The number of carbonyl (C=O) groups is 2. The molecule has 6 nitrogen and oxygen atoms in total. The summed E-state index contributed by atoms with van der Waals surface area (Å²) in [5.41, 5.74) is 4.17. The predicted octanol–water partition coefficient (Wildman–Crippen LogP) is 3.61. The molecule has 0 bridgehead atoms. The Morgan fingerprint density at radius 2 is 1.59 bits per heavy atom. The number of benzene rings is 1. The Bertz CT molecular complexity index is 1120. The van der Waals surface area contributed by atoms with Crippen LogP contribution >= 0.6 is 0 Å². The van der Waals surface area contributed by atoms with E-state index in [2.05, 4.69) is 5.10 Å². The van der Waals surface area contributed by atoms with Crippen molar-refractivity contribution in [3.63, 3.8) is 0 Å². The zero-order valence-corrected chi connectivity index (χ0v) is 14.8. The summed E-state index contributed by atoms with van der Waals surface area (Å²) in [6.07, 6.45) is 9.29. The van der Waals surface area contributed by atoms with Crippen molar-refractivity contribution in [2.24, 2.45) is 0 Å². The maximum absolute atomic E-state index is 12.5. The Hall–Kier alpha value is -3.67. The average molecular weight is 360 g/mol. The highest BCUT2D eigenvalue weighted by atomic mass is 16.5. The second-order valence-electron chi connectivity index (χ2n) is 5.95. The fraction of sp³-hybridized carbons (Fsp3) is 0.0952. The molecule has 3 aromatic rings. The second kappa shape index (κ2) is 6.57. The van der Waals surface area contributed by atoms with Crippen molar-refractivity contribution in [1.82, 2.24) is 9.61 Å². The summed E-state index contributed by atoms with van der Waals surface area (Å²) in [6, 6.07) is 9.86. The summed E-state index contributed by atoms with van der Waals surface area (Å²) >= 11 is 0. The molecule has 0 N–H and O–H groups in total. The zero-order chi connectivity index (χ0) is 19.0. The van der Waals surface area contributed by atoms with E-state index in [9.17, 15) is 9.59 Å². The molecule has 1 aliphatic rings. The number of ether oxygens (including phenoxy) is 2. The van der Waals surface area contributed by atoms with Crippen LogP contribution in [0, 0.1) is 0 Å². The van der Waals surface area contributed by atoms with Gasteiger partial charge in [-0.2, -0.15) is 5.10 Å². The molecule has 0 fully saturated rings. The normalized spacial score (nSPS) is 12.1.